The highest BCUT2D eigenvalue weighted by molar-refractivity contribution is 5.79. The summed E-state index contributed by atoms with van der Waals surface area (Å²) >= 11 is 0. The molecule has 0 aliphatic carbocycles. The molecule has 4 heteroatoms. The van der Waals surface area contributed by atoms with Crippen LogP contribution < -0.4 is 10.5 Å². The minimum absolute atomic E-state index is 0.136. The molecule has 0 radical (unpaired) electrons. The average molecular weight is 235 g/mol. The lowest BCUT2D eigenvalue weighted by Crippen LogP contribution is -2.45. The number of ether oxygens (including phenoxy) is 1. The van der Waals surface area contributed by atoms with Crippen LogP contribution in [0.5, 0.6) is 5.75 Å². The average Bonchev–Trinajstić information content (AvgIpc) is 2.30. The summed E-state index contributed by atoms with van der Waals surface area (Å²) in [5.41, 5.74) is 4.89. The molecule has 2 N–H and O–H groups in total. The van der Waals surface area contributed by atoms with E-state index in [9.17, 15) is 9.59 Å². The molecule has 0 aromatic heterocycles. The van der Waals surface area contributed by atoms with Crippen molar-refractivity contribution < 1.29 is 14.3 Å². The van der Waals surface area contributed by atoms with Crippen LogP contribution in [-0.4, -0.2) is 18.3 Å². The van der Waals surface area contributed by atoms with Crippen molar-refractivity contribution in [2.24, 2.45) is 11.1 Å². The fourth-order valence-corrected chi connectivity index (χ4v) is 1.28. The summed E-state index contributed by atoms with van der Waals surface area (Å²) in [5.74, 6) is 0.0435. The number of rotatable bonds is 5. The Hall–Kier alpha value is -1.68. The zero-order chi connectivity index (χ0) is 12.9. The first-order valence-corrected chi connectivity index (χ1v) is 5.45. The highest BCUT2D eigenvalue weighted by atomic mass is 16.5. The van der Waals surface area contributed by atoms with E-state index in [2.05, 4.69) is 0 Å². The lowest BCUT2D eigenvalue weighted by Gasteiger charge is -2.27. The first-order valence-electron chi connectivity index (χ1n) is 5.45. The van der Waals surface area contributed by atoms with Gasteiger partial charge in [-0.05, 0) is 26.0 Å². The van der Waals surface area contributed by atoms with Crippen LogP contribution in [0, 0.1) is 5.41 Å². The lowest BCUT2D eigenvalue weighted by atomic mass is 9.83. The number of aldehydes is 1. The summed E-state index contributed by atoms with van der Waals surface area (Å²) in [6.45, 7) is 3.35. The Labute approximate surface area is 101 Å². The smallest absolute Gasteiger partial charge is 0.318 e. The highest BCUT2D eigenvalue weighted by Crippen LogP contribution is 2.24. The molecule has 1 aromatic rings. The summed E-state index contributed by atoms with van der Waals surface area (Å²) in [4.78, 5) is 22.3. The van der Waals surface area contributed by atoms with Crippen molar-refractivity contribution in [1.82, 2.24) is 0 Å². The Balaban J connectivity index is 2.72. The molecule has 0 aliphatic heterocycles. The predicted molar refractivity (Wildman–Crippen MR) is 64.5 cm³/mol. The number of para-hydroxylation sites is 1. The van der Waals surface area contributed by atoms with E-state index < -0.39 is 17.4 Å². The number of hydrogen-bond donors (Lipinski definition) is 1. The molecule has 1 aromatic carbocycles. The van der Waals surface area contributed by atoms with Crippen molar-refractivity contribution in [3.63, 3.8) is 0 Å². The molecule has 0 amide bonds. The van der Waals surface area contributed by atoms with Gasteiger partial charge in [0, 0.05) is 12.5 Å². The number of carbonyl (C=O) groups is 2. The summed E-state index contributed by atoms with van der Waals surface area (Å²) < 4.78 is 5.21. The Morgan fingerprint density at radius 2 is 2.00 bits per heavy atom. The molecule has 0 aliphatic rings. The molecule has 1 rings (SSSR count). The van der Waals surface area contributed by atoms with E-state index in [0.717, 1.165) is 0 Å². The number of benzene rings is 1. The summed E-state index contributed by atoms with van der Waals surface area (Å²) in [6, 6.07) is 8.23. The zero-order valence-electron chi connectivity index (χ0n) is 10.1. The maximum Gasteiger partial charge on any atom is 0.318 e. The molecule has 0 fully saturated rings. The maximum atomic E-state index is 11.9. The molecule has 0 saturated heterocycles. The van der Waals surface area contributed by atoms with E-state index in [4.69, 9.17) is 10.5 Å². The van der Waals surface area contributed by atoms with Crippen LogP contribution in [0.4, 0.5) is 0 Å². The van der Waals surface area contributed by atoms with Crippen LogP contribution in [0.15, 0.2) is 30.3 Å². The van der Waals surface area contributed by atoms with Crippen molar-refractivity contribution in [3.8, 4) is 5.75 Å². The fourth-order valence-electron chi connectivity index (χ4n) is 1.28. The zero-order valence-corrected chi connectivity index (χ0v) is 10.1. The van der Waals surface area contributed by atoms with Gasteiger partial charge in [-0.25, -0.2) is 0 Å². The second kappa shape index (κ2) is 5.59. The maximum absolute atomic E-state index is 11.9. The molecule has 0 bridgehead atoms. The molecule has 0 heterocycles. The number of nitrogens with two attached hydrogens (primary N) is 1. The second-order valence-corrected chi connectivity index (χ2v) is 4.43. The van der Waals surface area contributed by atoms with Crippen LogP contribution in [0.1, 0.15) is 20.3 Å². The number of carbonyl (C=O) groups excluding carboxylic acids is 2. The van der Waals surface area contributed by atoms with E-state index >= 15 is 0 Å². The van der Waals surface area contributed by atoms with E-state index in [1.54, 1.807) is 38.1 Å². The minimum Gasteiger partial charge on any atom is -0.426 e. The molecule has 0 spiro atoms. The molecule has 0 saturated carbocycles. The van der Waals surface area contributed by atoms with Crippen molar-refractivity contribution in [1.29, 1.82) is 0 Å². The Kier molecular flexibility index (Phi) is 4.40. The third-order valence-corrected chi connectivity index (χ3v) is 2.76. The Morgan fingerprint density at radius 1 is 1.41 bits per heavy atom. The van der Waals surface area contributed by atoms with E-state index in [0.29, 0.717) is 12.0 Å². The minimum atomic E-state index is -0.892. The van der Waals surface area contributed by atoms with Gasteiger partial charge in [0.2, 0.25) is 0 Å². The van der Waals surface area contributed by atoms with Crippen LogP contribution in [0.2, 0.25) is 0 Å². The van der Waals surface area contributed by atoms with Crippen molar-refractivity contribution in [2.75, 3.05) is 0 Å². The molecular formula is C13H17NO3. The van der Waals surface area contributed by atoms with Crippen LogP contribution in [-0.2, 0) is 9.59 Å². The Bertz CT molecular complexity index is 387. The predicted octanol–water partition coefficient (Wildman–Crippen LogP) is 1.53. The van der Waals surface area contributed by atoms with Gasteiger partial charge >= 0.3 is 5.97 Å². The standard InChI is InChI=1S/C13H17NO3/c1-13(2,11(14)8-9-15)12(16)17-10-6-4-3-5-7-10/h3-7,9,11H,8,14H2,1-2H3. The van der Waals surface area contributed by atoms with Crippen molar-refractivity contribution >= 4 is 12.3 Å². The highest BCUT2D eigenvalue weighted by Gasteiger charge is 2.36. The SMILES string of the molecule is CC(C)(C(=O)Oc1ccccc1)C(N)CC=O. The third kappa shape index (κ3) is 3.39. The molecule has 1 unspecified atom stereocenters. The topological polar surface area (TPSA) is 69.4 Å². The number of hydrogen-bond acceptors (Lipinski definition) is 4. The van der Waals surface area contributed by atoms with Gasteiger partial charge in [-0.15, -0.1) is 0 Å². The number of esters is 1. The molecule has 1 atom stereocenters. The first kappa shape index (κ1) is 13.4. The third-order valence-electron chi connectivity index (χ3n) is 2.76. The van der Waals surface area contributed by atoms with Gasteiger partial charge in [-0.1, -0.05) is 18.2 Å². The van der Waals surface area contributed by atoms with Gasteiger partial charge in [0.1, 0.15) is 12.0 Å². The van der Waals surface area contributed by atoms with Gasteiger partial charge in [-0.2, -0.15) is 0 Å². The normalized spacial score (nSPS) is 12.9. The first-order chi connectivity index (χ1) is 7.98. The van der Waals surface area contributed by atoms with Gasteiger partial charge in [0.05, 0.1) is 5.41 Å². The summed E-state index contributed by atoms with van der Waals surface area (Å²) in [6.07, 6.45) is 0.846. The van der Waals surface area contributed by atoms with Gasteiger partial charge in [0.15, 0.2) is 0 Å². The van der Waals surface area contributed by atoms with Gasteiger partial charge in [-0.3, -0.25) is 4.79 Å². The molecular weight excluding hydrogens is 218 g/mol. The molecule has 17 heavy (non-hydrogen) atoms. The van der Waals surface area contributed by atoms with Crippen molar-refractivity contribution in [2.45, 2.75) is 26.3 Å². The van der Waals surface area contributed by atoms with Crippen LogP contribution >= 0.6 is 0 Å². The quantitative estimate of drug-likeness (QED) is 0.477. The largest absolute Gasteiger partial charge is 0.426 e. The molecule has 92 valence electrons. The second-order valence-electron chi connectivity index (χ2n) is 4.43. The molecule has 4 nitrogen and oxygen atoms in total. The van der Waals surface area contributed by atoms with Gasteiger partial charge in [0.25, 0.3) is 0 Å². The van der Waals surface area contributed by atoms with E-state index in [1.807, 2.05) is 6.07 Å². The van der Waals surface area contributed by atoms with Crippen LogP contribution in [0.3, 0.4) is 0 Å². The van der Waals surface area contributed by atoms with E-state index in [-0.39, 0.29) is 6.42 Å². The lowest BCUT2D eigenvalue weighted by molar-refractivity contribution is -0.145. The monoisotopic (exact) mass is 235 g/mol. The van der Waals surface area contributed by atoms with Crippen molar-refractivity contribution in [3.05, 3.63) is 30.3 Å². The summed E-state index contributed by atoms with van der Waals surface area (Å²) in [5, 5.41) is 0. The van der Waals surface area contributed by atoms with Gasteiger partial charge < -0.3 is 15.3 Å². The van der Waals surface area contributed by atoms with Crippen LogP contribution in [0.25, 0.3) is 0 Å². The van der Waals surface area contributed by atoms with E-state index in [1.165, 1.54) is 0 Å². The Morgan fingerprint density at radius 3 is 2.53 bits per heavy atom. The summed E-state index contributed by atoms with van der Waals surface area (Å²) in [7, 11) is 0. The fraction of sp³-hybridized carbons (Fsp3) is 0.385.